The van der Waals surface area contributed by atoms with Crippen LogP contribution in [0, 0.1) is 0 Å². The fraction of sp³-hybridized carbons (Fsp3) is 0.0667. The summed E-state index contributed by atoms with van der Waals surface area (Å²) >= 11 is 5.77. The number of hydrogen-bond acceptors (Lipinski definition) is 3. The molecule has 0 aromatic heterocycles. The molecule has 0 atom stereocenters. The third kappa shape index (κ3) is 4.50. The summed E-state index contributed by atoms with van der Waals surface area (Å²) in [5.74, 6) is -0.449. The molecule has 21 heavy (non-hydrogen) atoms. The minimum atomic E-state index is -0.659. The fourth-order valence-corrected chi connectivity index (χ4v) is 1.77. The fourth-order valence-electron chi connectivity index (χ4n) is 1.64. The second-order valence-electron chi connectivity index (χ2n) is 4.27. The maximum absolute atomic E-state index is 11.9. The van der Waals surface area contributed by atoms with Gasteiger partial charge in [-0.25, -0.2) is 9.59 Å². The first-order valence-electron chi connectivity index (χ1n) is 6.12. The van der Waals surface area contributed by atoms with Crippen LogP contribution in [0.1, 0.15) is 15.9 Å². The van der Waals surface area contributed by atoms with Crippen molar-refractivity contribution < 1.29 is 14.3 Å². The summed E-state index contributed by atoms with van der Waals surface area (Å²) in [5.41, 5.74) is 6.74. The van der Waals surface area contributed by atoms with E-state index in [0.717, 1.165) is 5.56 Å². The first-order valence-corrected chi connectivity index (χ1v) is 6.50. The van der Waals surface area contributed by atoms with Crippen LogP contribution in [-0.2, 0) is 11.3 Å². The van der Waals surface area contributed by atoms with E-state index in [9.17, 15) is 9.59 Å². The Morgan fingerprint density at radius 2 is 1.67 bits per heavy atom. The lowest BCUT2D eigenvalue weighted by molar-refractivity contribution is 0.0473. The van der Waals surface area contributed by atoms with Crippen LogP contribution in [0.2, 0.25) is 5.02 Å². The molecule has 2 amide bonds. The van der Waals surface area contributed by atoms with E-state index in [2.05, 4.69) is 5.32 Å². The molecule has 2 aromatic carbocycles. The van der Waals surface area contributed by atoms with E-state index in [0.29, 0.717) is 16.3 Å². The number of carbonyl (C=O) groups excluding carboxylic acids is 2. The van der Waals surface area contributed by atoms with Crippen LogP contribution in [0.3, 0.4) is 0 Å². The summed E-state index contributed by atoms with van der Waals surface area (Å²) in [6.45, 7) is 0.164. The van der Waals surface area contributed by atoms with Gasteiger partial charge in [-0.1, -0.05) is 23.7 Å². The highest BCUT2D eigenvalue weighted by atomic mass is 35.5. The van der Waals surface area contributed by atoms with E-state index in [1.54, 1.807) is 48.5 Å². The molecular formula is C15H13ClN2O3. The Morgan fingerprint density at radius 3 is 2.24 bits per heavy atom. The molecule has 5 nitrogen and oxygen atoms in total. The highest BCUT2D eigenvalue weighted by Gasteiger charge is 2.07. The van der Waals surface area contributed by atoms with Crippen molar-refractivity contribution in [2.24, 2.45) is 5.73 Å². The molecule has 0 radical (unpaired) electrons. The molecule has 0 unspecified atom stereocenters. The number of rotatable bonds is 4. The molecular weight excluding hydrogens is 292 g/mol. The van der Waals surface area contributed by atoms with Gasteiger partial charge in [0.15, 0.2) is 0 Å². The van der Waals surface area contributed by atoms with Crippen molar-refractivity contribution in [1.29, 1.82) is 0 Å². The number of anilines is 1. The second-order valence-corrected chi connectivity index (χ2v) is 4.71. The van der Waals surface area contributed by atoms with Gasteiger partial charge < -0.3 is 15.8 Å². The minimum Gasteiger partial charge on any atom is -0.457 e. The monoisotopic (exact) mass is 304 g/mol. The van der Waals surface area contributed by atoms with E-state index in [1.165, 1.54) is 0 Å². The predicted molar refractivity (Wildman–Crippen MR) is 80.2 cm³/mol. The van der Waals surface area contributed by atoms with Crippen molar-refractivity contribution in [3.8, 4) is 0 Å². The Hall–Kier alpha value is -2.53. The molecule has 0 aliphatic carbocycles. The number of primary amides is 1. The van der Waals surface area contributed by atoms with Crippen LogP contribution in [0.25, 0.3) is 0 Å². The molecule has 0 spiro atoms. The number of amides is 2. The number of hydrogen-bond donors (Lipinski definition) is 2. The first kappa shape index (κ1) is 14.9. The molecule has 2 aromatic rings. The molecule has 0 saturated carbocycles. The van der Waals surface area contributed by atoms with Gasteiger partial charge in [-0.05, 0) is 42.0 Å². The molecule has 108 valence electrons. The summed E-state index contributed by atoms with van der Waals surface area (Å²) in [5, 5.41) is 3.04. The maximum Gasteiger partial charge on any atom is 0.338 e. The number of nitrogens with one attached hydrogen (secondary N) is 1. The zero-order valence-corrected chi connectivity index (χ0v) is 11.8. The Balaban J connectivity index is 1.93. The van der Waals surface area contributed by atoms with Crippen LogP contribution in [0.4, 0.5) is 10.5 Å². The average Bonchev–Trinajstić information content (AvgIpc) is 2.46. The smallest absolute Gasteiger partial charge is 0.338 e. The highest BCUT2D eigenvalue weighted by Crippen LogP contribution is 2.13. The topological polar surface area (TPSA) is 81.4 Å². The molecule has 0 saturated heterocycles. The number of nitrogens with two attached hydrogens (primary N) is 1. The quantitative estimate of drug-likeness (QED) is 0.851. The Kier molecular flexibility index (Phi) is 4.79. The van der Waals surface area contributed by atoms with Crippen LogP contribution in [0.5, 0.6) is 0 Å². The van der Waals surface area contributed by atoms with Crippen molar-refractivity contribution in [3.05, 3.63) is 64.7 Å². The van der Waals surface area contributed by atoms with Crippen molar-refractivity contribution in [3.63, 3.8) is 0 Å². The zero-order valence-electron chi connectivity index (χ0n) is 11.0. The molecule has 0 fully saturated rings. The summed E-state index contributed by atoms with van der Waals surface area (Å²) < 4.78 is 5.18. The van der Waals surface area contributed by atoms with Gasteiger partial charge in [0, 0.05) is 10.7 Å². The minimum absolute atomic E-state index is 0.164. The molecule has 3 N–H and O–H groups in total. The zero-order chi connectivity index (χ0) is 15.2. The lowest BCUT2D eigenvalue weighted by atomic mass is 10.2. The molecule has 0 bridgehead atoms. The third-order valence-electron chi connectivity index (χ3n) is 2.67. The lowest BCUT2D eigenvalue weighted by Crippen LogP contribution is -2.19. The van der Waals surface area contributed by atoms with Crippen molar-refractivity contribution in [2.45, 2.75) is 6.61 Å². The van der Waals surface area contributed by atoms with Gasteiger partial charge in [0.2, 0.25) is 0 Å². The molecule has 6 heteroatoms. The van der Waals surface area contributed by atoms with Gasteiger partial charge in [0.05, 0.1) is 5.56 Å². The second kappa shape index (κ2) is 6.76. The van der Waals surface area contributed by atoms with Gasteiger partial charge >= 0.3 is 12.0 Å². The Morgan fingerprint density at radius 1 is 1.05 bits per heavy atom. The predicted octanol–water partition coefficient (Wildman–Crippen LogP) is 3.19. The molecule has 0 aliphatic heterocycles. The maximum atomic E-state index is 11.9. The number of urea groups is 1. The standard InChI is InChI=1S/C15H13ClN2O3/c16-12-5-1-10(2-6-12)9-21-14(19)11-3-7-13(8-4-11)18-15(17)20/h1-8H,9H2,(H3,17,18,20). The van der Waals surface area contributed by atoms with Gasteiger partial charge in [0.1, 0.15) is 6.61 Å². The Labute approximate surface area is 126 Å². The molecule has 0 heterocycles. The first-order chi connectivity index (χ1) is 10.0. The molecule has 2 rings (SSSR count). The number of ether oxygens (including phenoxy) is 1. The normalized spacial score (nSPS) is 9.95. The van der Waals surface area contributed by atoms with Crippen LogP contribution >= 0.6 is 11.6 Å². The van der Waals surface area contributed by atoms with Crippen molar-refractivity contribution >= 4 is 29.3 Å². The summed E-state index contributed by atoms with van der Waals surface area (Å²) in [4.78, 5) is 22.5. The van der Waals surface area contributed by atoms with E-state index in [1.807, 2.05) is 0 Å². The van der Waals surface area contributed by atoms with E-state index in [-0.39, 0.29) is 6.61 Å². The largest absolute Gasteiger partial charge is 0.457 e. The van der Waals surface area contributed by atoms with Crippen molar-refractivity contribution in [1.82, 2.24) is 0 Å². The summed E-state index contributed by atoms with van der Waals surface area (Å²) in [7, 11) is 0. The lowest BCUT2D eigenvalue weighted by Gasteiger charge is -2.06. The summed E-state index contributed by atoms with van der Waals surface area (Å²) in [6.07, 6.45) is 0. The summed E-state index contributed by atoms with van der Waals surface area (Å²) in [6, 6.07) is 12.6. The SMILES string of the molecule is NC(=O)Nc1ccc(C(=O)OCc2ccc(Cl)cc2)cc1. The third-order valence-corrected chi connectivity index (χ3v) is 2.92. The van der Waals surface area contributed by atoms with Gasteiger partial charge in [0.25, 0.3) is 0 Å². The van der Waals surface area contributed by atoms with Gasteiger partial charge in [-0.2, -0.15) is 0 Å². The van der Waals surface area contributed by atoms with E-state index in [4.69, 9.17) is 22.1 Å². The number of benzene rings is 2. The van der Waals surface area contributed by atoms with E-state index < -0.39 is 12.0 Å². The molecule has 0 aliphatic rings. The highest BCUT2D eigenvalue weighted by molar-refractivity contribution is 6.30. The number of carbonyl (C=O) groups is 2. The van der Waals surface area contributed by atoms with Crippen LogP contribution in [-0.4, -0.2) is 12.0 Å². The van der Waals surface area contributed by atoms with Gasteiger partial charge in [-0.3, -0.25) is 0 Å². The average molecular weight is 305 g/mol. The Bertz CT molecular complexity index is 639. The van der Waals surface area contributed by atoms with Crippen LogP contribution < -0.4 is 11.1 Å². The van der Waals surface area contributed by atoms with E-state index >= 15 is 0 Å². The van der Waals surface area contributed by atoms with Crippen LogP contribution in [0.15, 0.2) is 48.5 Å². The van der Waals surface area contributed by atoms with Gasteiger partial charge in [-0.15, -0.1) is 0 Å². The van der Waals surface area contributed by atoms with Crippen molar-refractivity contribution in [2.75, 3.05) is 5.32 Å². The number of esters is 1. The number of halogens is 1.